The molecule has 0 aliphatic rings. The quantitative estimate of drug-likeness (QED) is 0.516. The number of aromatic amines is 1. The SMILES string of the molecule is Nc1cccc2[nH]nc(-c3cccc4cccnc34)c12. The summed E-state index contributed by atoms with van der Waals surface area (Å²) in [4.78, 5) is 4.48. The summed E-state index contributed by atoms with van der Waals surface area (Å²) in [5, 5.41) is 9.51. The summed E-state index contributed by atoms with van der Waals surface area (Å²) < 4.78 is 0. The molecule has 2 aromatic carbocycles. The average Bonchev–Trinajstić information content (AvgIpc) is 2.92. The molecule has 0 aliphatic carbocycles. The van der Waals surface area contributed by atoms with Gasteiger partial charge >= 0.3 is 0 Å². The molecule has 0 atom stereocenters. The van der Waals surface area contributed by atoms with E-state index in [2.05, 4.69) is 15.2 Å². The van der Waals surface area contributed by atoms with E-state index in [0.717, 1.165) is 38.8 Å². The summed E-state index contributed by atoms with van der Waals surface area (Å²) >= 11 is 0. The molecule has 3 N–H and O–H groups in total. The summed E-state index contributed by atoms with van der Waals surface area (Å²) in [6.45, 7) is 0. The van der Waals surface area contributed by atoms with Crippen molar-refractivity contribution in [2.24, 2.45) is 0 Å². The molecule has 4 aromatic rings. The first-order valence-electron chi connectivity index (χ1n) is 6.41. The second-order valence-corrected chi connectivity index (χ2v) is 4.72. The van der Waals surface area contributed by atoms with E-state index in [9.17, 15) is 0 Å². The zero-order valence-corrected chi connectivity index (χ0v) is 10.7. The minimum atomic E-state index is 0.721. The number of pyridine rings is 1. The summed E-state index contributed by atoms with van der Waals surface area (Å²) in [5.41, 5.74) is 10.5. The Morgan fingerprint density at radius 1 is 0.950 bits per heavy atom. The third kappa shape index (κ3) is 1.48. The number of aromatic nitrogens is 3. The molecule has 20 heavy (non-hydrogen) atoms. The number of nitrogens with one attached hydrogen (secondary N) is 1. The van der Waals surface area contributed by atoms with Gasteiger partial charge in [0.2, 0.25) is 0 Å². The lowest BCUT2D eigenvalue weighted by atomic mass is 10.0. The molecular weight excluding hydrogens is 248 g/mol. The molecule has 0 saturated carbocycles. The fourth-order valence-electron chi connectivity index (χ4n) is 2.59. The highest BCUT2D eigenvalue weighted by molar-refractivity contribution is 6.06. The monoisotopic (exact) mass is 260 g/mol. The van der Waals surface area contributed by atoms with E-state index in [4.69, 9.17) is 5.73 Å². The molecule has 0 radical (unpaired) electrons. The minimum absolute atomic E-state index is 0.721. The van der Waals surface area contributed by atoms with Crippen molar-refractivity contribution in [3.63, 3.8) is 0 Å². The lowest BCUT2D eigenvalue weighted by Gasteiger charge is -2.04. The van der Waals surface area contributed by atoms with Crippen LogP contribution in [0.1, 0.15) is 0 Å². The molecule has 2 heterocycles. The molecule has 0 saturated heterocycles. The van der Waals surface area contributed by atoms with Crippen molar-refractivity contribution in [2.75, 3.05) is 5.73 Å². The Kier molecular flexibility index (Phi) is 2.23. The number of hydrogen-bond acceptors (Lipinski definition) is 3. The number of benzene rings is 2. The van der Waals surface area contributed by atoms with Crippen LogP contribution >= 0.6 is 0 Å². The number of fused-ring (bicyclic) bond motifs is 2. The largest absolute Gasteiger partial charge is 0.398 e. The highest BCUT2D eigenvalue weighted by atomic mass is 15.1. The molecular formula is C16H12N4. The predicted molar refractivity (Wildman–Crippen MR) is 81.2 cm³/mol. The molecule has 4 rings (SSSR count). The first-order valence-corrected chi connectivity index (χ1v) is 6.41. The third-order valence-electron chi connectivity index (χ3n) is 3.51. The molecule has 0 unspecified atom stereocenters. The highest BCUT2D eigenvalue weighted by Crippen LogP contribution is 2.33. The molecule has 4 heteroatoms. The number of nitrogen functional groups attached to an aromatic ring is 1. The Balaban J connectivity index is 2.12. The number of nitrogens with zero attached hydrogens (tertiary/aromatic N) is 2. The van der Waals surface area contributed by atoms with Gasteiger partial charge < -0.3 is 5.73 Å². The van der Waals surface area contributed by atoms with E-state index in [-0.39, 0.29) is 0 Å². The van der Waals surface area contributed by atoms with Gasteiger partial charge in [0, 0.05) is 22.8 Å². The van der Waals surface area contributed by atoms with E-state index in [1.807, 2.05) is 48.5 Å². The average molecular weight is 260 g/mol. The van der Waals surface area contributed by atoms with Crippen molar-refractivity contribution in [2.45, 2.75) is 0 Å². The Bertz CT molecular complexity index is 919. The van der Waals surface area contributed by atoms with Crippen molar-refractivity contribution >= 4 is 27.5 Å². The fourth-order valence-corrected chi connectivity index (χ4v) is 2.59. The van der Waals surface area contributed by atoms with Crippen LogP contribution in [0.25, 0.3) is 33.1 Å². The van der Waals surface area contributed by atoms with Gasteiger partial charge in [0.25, 0.3) is 0 Å². The summed E-state index contributed by atoms with van der Waals surface area (Å²) in [6, 6.07) is 15.8. The Labute approximate surface area is 115 Å². The van der Waals surface area contributed by atoms with Gasteiger partial charge in [-0.1, -0.05) is 30.3 Å². The van der Waals surface area contributed by atoms with Crippen LogP contribution in [0.2, 0.25) is 0 Å². The number of rotatable bonds is 1. The molecule has 0 bridgehead atoms. The second kappa shape index (κ2) is 4.06. The third-order valence-corrected chi connectivity index (χ3v) is 3.51. The van der Waals surface area contributed by atoms with Gasteiger partial charge in [-0.3, -0.25) is 10.1 Å². The van der Waals surface area contributed by atoms with Crippen LogP contribution in [0.4, 0.5) is 5.69 Å². The smallest absolute Gasteiger partial charge is 0.104 e. The van der Waals surface area contributed by atoms with Crippen molar-refractivity contribution in [1.82, 2.24) is 15.2 Å². The highest BCUT2D eigenvalue weighted by Gasteiger charge is 2.13. The summed E-state index contributed by atoms with van der Waals surface area (Å²) in [5.74, 6) is 0. The lowest BCUT2D eigenvalue weighted by molar-refractivity contribution is 1.12. The molecule has 0 aliphatic heterocycles. The lowest BCUT2D eigenvalue weighted by Crippen LogP contribution is -1.88. The summed E-state index contributed by atoms with van der Waals surface area (Å²) in [7, 11) is 0. The van der Waals surface area contributed by atoms with Crippen molar-refractivity contribution in [1.29, 1.82) is 0 Å². The van der Waals surface area contributed by atoms with E-state index in [1.54, 1.807) is 6.20 Å². The van der Waals surface area contributed by atoms with Gasteiger partial charge in [-0.05, 0) is 18.2 Å². The predicted octanol–water partition coefficient (Wildman–Crippen LogP) is 3.36. The van der Waals surface area contributed by atoms with E-state index in [1.165, 1.54) is 0 Å². The maximum atomic E-state index is 6.10. The number of anilines is 1. The minimum Gasteiger partial charge on any atom is -0.398 e. The maximum absolute atomic E-state index is 6.10. The van der Waals surface area contributed by atoms with E-state index in [0.29, 0.717) is 0 Å². The van der Waals surface area contributed by atoms with Crippen LogP contribution in [-0.2, 0) is 0 Å². The number of hydrogen-bond donors (Lipinski definition) is 2. The van der Waals surface area contributed by atoms with Gasteiger partial charge in [0.05, 0.1) is 16.4 Å². The maximum Gasteiger partial charge on any atom is 0.104 e. The number of nitrogens with two attached hydrogens (primary N) is 1. The van der Waals surface area contributed by atoms with Gasteiger partial charge in [-0.15, -0.1) is 0 Å². The molecule has 2 aromatic heterocycles. The Morgan fingerprint density at radius 3 is 2.75 bits per heavy atom. The molecule has 0 amide bonds. The topological polar surface area (TPSA) is 67.6 Å². The zero-order chi connectivity index (χ0) is 13.5. The van der Waals surface area contributed by atoms with Crippen molar-refractivity contribution in [3.8, 4) is 11.3 Å². The zero-order valence-electron chi connectivity index (χ0n) is 10.7. The Hall–Kier alpha value is -2.88. The van der Waals surface area contributed by atoms with Crippen LogP contribution in [0.3, 0.4) is 0 Å². The molecule has 4 nitrogen and oxygen atoms in total. The van der Waals surface area contributed by atoms with Crippen LogP contribution in [0.15, 0.2) is 54.7 Å². The van der Waals surface area contributed by atoms with Gasteiger partial charge in [-0.25, -0.2) is 0 Å². The standard InChI is InChI=1S/C16H12N4/c17-12-7-2-8-13-14(12)16(20-19-13)11-6-1-4-10-5-3-9-18-15(10)11/h1-9H,17H2,(H,19,20). The van der Waals surface area contributed by atoms with Crippen LogP contribution in [0.5, 0.6) is 0 Å². The van der Waals surface area contributed by atoms with Crippen LogP contribution in [-0.4, -0.2) is 15.2 Å². The van der Waals surface area contributed by atoms with Crippen molar-refractivity contribution in [3.05, 3.63) is 54.7 Å². The van der Waals surface area contributed by atoms with E-state index >= 15 is 0 Å². The summed E-state index contributed by atoms with van der Waals surface area (Å²) in [6.07, 6.45) is 1.80. The van der Waals surface area contributed by atoms with E-state index < -0.39 is 0 Å². The van der Waals surface area contributed by atoms with Gasteiger partial charge in [0.15, 0.2) is 0 Å². The number of para-hydroxylation sites is 1. The van der Waals surface area contributed by atoms with Crippen LogP contribution < -0.4 is 5.73 Å². The molecule has 0 fully saturated rings. The normalized spacial score (nSPS) is 11.2. The Morgan fingerprint density at radius 2 is 1.80 bits per heavy atom. The van der Waals surface area contributed by atoms with Crippen LogP contribution in [0, 0.1) is 0 Å². The first kappa shape index (κ1) is 11.0. The first-order chi connectivity index (χ1) is 9.84. The molecule has 96 valence electrons. The molecule has 0 spiro atoms. The number of H-pyrrole nitrogens is 1. The van der Waals surface area contributed by atoms with Gasteiger partial charge in [-0.2, -0.15) is 5.10 Å². The second-order valence-electron chi connectivity index (χ2n) is 4.72. The fraction of sp³-hybridized carbons (Fsp3) is 0. The van der Waals surface area contributed by atoms with Gasteiger partial charge in [0.1, 0.15) is 5.69 Å². The van der Waals surface area contributed by atoms with Crippen molar-refractivity contribution < 1.29 is 0 Å².